The lowest BCUT2D eigenvalue weighted by Crippen LogP contribution is -2.07. The van der Waals surface area contributed by atoms with Crippen LogP contribution in [0.1, 0.15) is 16.2 Å². The molecule has 1 N–H and O–H groups in total. The van der Waals surface area contributed by atoms with Gasteiger partial charge >= 0.3 is 5.97 Å². The van der Waals surface area contributed by atoms with Crippen LogP contribution in [0.15, 0.2) is 36.4 Å². The average molecular weight is 324 g/mol. The van der Waals surface area contributed by atoms with Gasteiger partial charge in [0, 0.05) is 10.9 Å². The predicted octanol–water partition coefficient (Wildman–Crippen LogP) is 3.11. The molecule has 2 aromatic heterocycles. The molecule has 3 rings (SSSR count). The summed E-state index contributed by atoms with van der Waals surface area (Å²) < 4.78 is 9.87. The molecule has 6 nitrogen and oxygen atoms in total. The zero-order chi connectivity index (χ0) is 17.3. The molecule has 24 heavy (non-hydrogen) atoms. The van der Waals surface area contributed by atoms with Gasteiger partial charge in [0.15, 0.2) is 11.4 Å². The molecule has 2 heterocycles. The minimum atomic E-state index is -0.686. The fourth-order valence-corrected chi connectivity index (χ4v) is 2.51. The first-order valence-corrected chi connectivity index (χ1v) is 7.28. The quantitative estimate of drug-likeness (QED) is 0.746. The van der Waals surface area contributed by atoms with Crippen LogP contribution >= 0.6 is 0 Å². The summed E-state index contributed by atoms with van der Waals surface area (Å²) in [6, 6.07) is 11.0. The number of hydrogen-bond donors (Lipinski definition) is 1. The highest BCUT2D eigenvalue weighted by atomic mass is 16.5. The summed E-state index contributed by atoms with van der Waals surface area (Å²) in [5.74, 6) is -0.186. The molecule has 0 saturated heterocycles. The van der Waals surface area contributed by atoms with Crippen molar-refractivity contribution in [2.24, 2.45) is 0 Å². The van der Waals surface area contributed by atoms with E-state index in [4.69, 9.17) is 4.74 Å². The first-order chi connectivity index (χ1) is 11.5. The Morgan fingerprint density at radius 2 is 1.92 bits per heavy atom. The van der Waals surface area contributed by atoms with Crippen LogP contribution in [0.2, 0.25) is 0 Å². The number of ether oxygens (including phenoxy) is 2. The van der Waals surface area contributed by atoms with Gasteiger partial charge in [0.2, 0.25) is 0 Å². The van der Waals surface area contributed by atoms with Gasteiger partial charge in [-0.15, -0.1) is 0 Å². The number of pyridine rings is 2. The highest BCUT2D eigenvalue weighted by Crippen LogP contribution is 2.31. The van der Waals surface area contributed by atoms with Crippen LogP contribution in [0.4, 0.5) is 0 Å². The number of aryl methyl sites for hydroxylation is 1. The van der Waals surface area contributed by atoms with Crippen LogP contribution in [0.3, 0.4) is 0 Å². The fraction of sp³-hybridized carbons (Fsp3) is 0.167. The molecule has 0 amide bonds. The van der Waals surface area contributed by atoms with Crippen LogP contribution in [-0.4, -0.2) is 35.3 Å². The van der Waals surface area contributed by atoms with Gasteiger partial charge in [-0.1, -0.05) is 12.1 Å². The molecule has 0 radical (unpaired) electrons. The second kappa shape index (κ2) is 6.16. The number of rotatable bonds is 3. The lowest BCUT2D eigenvalue weighted by atomic mass is 10.1. The minimum Gasteiger partial charge on any atom is -0.505 e. The van der Waals surface area contributed by atoms with Gasteiger partial charge in [0.25, 0.3) is 0 Å². The van der Waals surface area contributed by atoms with Crippen molar-refractivity contribution in [2.75, 3.05) is 14.2 Å². The largest absolute Gasteiger partial charge is 0.505 e. The molecule has 0 aliphatic carbocycles. The summed E-state index contributed by atoms with van der Waals surface area (Å²) in [5.41, 5.74) is 2.55. The zero-order valence-electron chi connectivity index (χ0n) is 13.5. The van der Waals surface area contributed by atoms with Gasteiger partial charge in [-0.2, -0.15) is 0 Å². The maximum absolute atomic E-state index is 11.7. The van der Waals surface area contributed by atoms with Crippen molar-refractivity contribution in [3.05, 3.63) is 47.8 Å². The molecule has 0 bridgehead atoms. The van der Waals surface area contributed by atoms with Crippen molar-refractivity contribution >= 4 is 16.9 Å². The van der Waals surface area contributed by atoms with Crippen molar-refractivity contribution < 1.29 is 19.4 Å². The normalized spacial score (nSPS) is 10.6. The number of fused-ring (bicyclic) bond motifs is 1. The van der Waals surface area contributed by atoms with Gasteiger partial charge in [-0.05, 0) is 31.2 Å². The zero-order valence-corrected chi connectivity index (χ0v) is 13.5. The number of esters is 1. The Bertz CT molecular complexity index is 938. The van der Waals surface area contributed by atoms with Crippen molar-refractivity contribution in [3.63, 3.8) is 0 Å². The Hall–Kier alpha value is -3.15. The molecule has 0 atom stereocenters. The molecule has 0 saturated carbocycles. The first kappa shape index (κ1) is 15.7. The number of carbonyl (C=O) groups is 1. The van der Waals surface area contributed by atoms with Crippen molar-refractivity contribution in [1.29, 1.82) is 0 Å². The predicted molar refractivity (Wildman–Crippen MR) is 89.3 cm³/mol. The third-order valence-corrected chi connectivity index (χ3v) is 3.74. The van der Waals surface area contributed by atoms with Gasteiger partial charge in [-0.3, -0.25) is 0 Å². The Kier molecular flexibility index (Phi) is 4.04. The number of hydrogen-bond acceptors (Lipinski definition) is 6. The van der Waals surface area contributed by atoms with E-state index in [0.29, 0.717) is 16.6 Å². The standard InChI is InChI=1S/C18H16N2O4/c1-10-15-13(17(21)16(19-10)18(22)24-3)7-8-14(20-15)11-5-4-6-12(9-11)23-2/h4-9,21H,1-3H3. The van der Waals surface area contributed by atoms with Crippen LogP contribution < -0.4 is 4.74 Å². The molecule has 1 aromatic carbocycles. The molecule has 3 aromatic rings. The van der Waals surface area contributed by atoms with Gasteiger partial charge in [0.1, 0.15) is 5.75 Å². The molecule has 0 fully saturated rings. The summed E-state index contributed by atoms with van der Waals surface area (Å²) in [5, 5.41) is 10.7. The third-order valence-electron chi connectivity index (χ3n) is 3.74. The van der Waals surface area contributed by atoms with Crippen LogP contribution in [-0.2, 0) is 4.74 Å². The molecular formula is C18H16N2O4. The summed E-state index contributed by atoms with van der Waals surface area (Å²) in [7, 11) is 2.85. The van der Waals surface area contributed by atoms with E-state index in [1.807, 2.05) is 24.3 Å². The number of carbonyl (C=O) groups excluding carboxylic acids is 1. The van der Waals surface area contributed by atoms with E-state index < -0.39 is 5.97 Å². The monoisotopic (exact) mass is 324 g/mol. The molecule has 0 spiro atoms. The van der Waals surface area contributed by atoms with Crippen LogP contribution in [0.5, 0.6) is 11.5 Å². The Balaban J connectivity index is 2.18. The Morgan fingerprint density at radius 3 is 2.62 bits per heavy atom. The molecule has 0 unspecified atom stereocenters. The van der Waals surface area contributed by atoms with Gasteiger partial charge < -0.3 is 14.6 Å². The number of aromatic hydroxyl groups is 1. The highest BCUT2D eigenvalue weighted by Gasteiger charge is 2.19. The fourth-order valence-electron chi connectivity index (χ4n) is 2.51. The SMILES string of the molecule is COC(=O)c1nc(C)c2nc(-c3cccc(OC)c3)ccc2c1O. The van der Waals surface area contributed by atoms with E-state index >= 15 is 0 Å². The van der Waals surface area contributed by atoms with Crippen LogP contribution in [0, 0.1) is 6.92 Å². The molecular weight excluding hydrogens is 308 g/mol. The number of methoxy groups -OCH3 is 2. The maximum Gasteiger partial charge on any atom is 0.360 e. The molecule has 0 aliphatic heterocycles. The van der Waals surface area contributed by atoms with Gasteiger partial charge in [0.05, 0.1) is 31.1 Å². The maximum atomic E-state index is 11.7. The Labute approximate surface area is 138 Å². The van der Waals surface area contributed by atoms with Crippen molar-refractivity contribution in [1.82, 2.24) is 9.97 Å². The summed E-state index contributed by atoms with van der Waals surface area (Å²) in [4.78, 5) is 20.4. The number of benzene rings is 1. The van der Waals surface area contributed by atoms with E-state index in [-0.39, 0.29) is 11.4 Å². The molecule has 0 aliphatic rings. The lowest BCUT2D eigenvalue weighted by Gasteiger charge is -2.10. The highest BCUT2D eigenvalue weighted by molar-refractivity contribution is 5.99. The smallest absolute Gasteiger partial charge is 0.360 e. The van der Waals surface area contributed by atoms with Crippen molar-refractivity contribution in [2.45, 2.75) is 6.92 Å². The van der Waals surface area contributed by atoms with E-state index in [0.717, 1.165) is 17.0 Å². The summed E-state index contributed by atoms with van der Waals surface area (Å²) in [6.45, 7) is 1.73. The second-order valence-electron chi connectivity index (χ2n) is 5.21. The average Bonchev–Trinajstić information content (AvgIpc) is 2.63. The van der Waals surface area contributed by atoms with E-state index in [1.54, 1.807) is 26.2 Å². The summed E-state index contributed by atoms with van der Waals surface area (Å²) in [6.07, 6.45) is 0. The van der Waals surface area contributed by atoms with Crippen LogP contribution in [0.25, 0.3) is 22.2 Å². The van der Waals surface area contributed by atoms with E-state index in [2.05, 4.69) is 14.7 Å². The lowest BCUT2D eigenvalue weighted by molar-refractivity contribution is 0.0590. The molecule has 6 heteroatoms. The number of aromatic nitrogens is 2. The minimum absolute atomic E-state index is 0.113. The topological polar surface area (TPSA) is 81.5 Å². The van der Waals surface area contributed by atoms with Crippen molar-refractivity contribution in [3.8, 4) is 22.8 Å². The Morgan fingerprint density at radius 1 is 1.12 bits per heavy atom. The van der Waals surface area contributed by atoms with E-state index in [1.165, 1.54) is 7.11 Å². The number of nitrogens with zero attached hydrogens (tertiary/aromatic N) is 2. The summed E-state index contributed by atoms with van der Waals surface area (Å²) >= 11 is 0. The second-order valence-corrected chi connectivity index (χ2v) is 5.21. The van der Waals surface area contributed by atoms with Gasteiger partial charge in [-0.25, -0.2) is 14.8 Å². The molecule has 122 valence electrons. The third kappa shape index (κ3) is 2.62. The first-order valence-electron chi connectivity index (χ1n) is 7.28. The van der Waals surface area contributed by atoms with E-state index in [9.17, 15) is 9.90 Å².